The lowest BCUT2D eigenvalue weighted by molar-refractivity contribution is -0.277. The Hall–Kier alpha value is -2.86. The lowest BCUT2D eigenvalue weighted by Crippen LogP contribution is -2.60. The molecule has 1 fully saturated rings. The maximum Gasteiger partial charge on any atom is 0.229 e. The lowest BCUT2D eigenvalue weighted by Gasteiger charge is -2.39. The second kappa shape index (κ2) is 8.58. The number of phenols is 2. The Balaban J connectivity index is 1.73. The Morgan fingerprint density at radius 2 is 1.72 bits per heavy atom. The first-order valence-electron chi connectivity index (χ1n) is 9.46. The van der Waals surface area contributed by atoms with Gasteiger partial charge in [-0.3, -0.25) is 4.79 Å². The predicted molar refractivity (Wildman–Crippen MR) is 111 cm³/mol. The SMILES string of the molecule is O=c1c(-c2ccc(O)cc2)coc2c(Cl)c(O[C@@H]3OC(CO)[C@@H](O)C(O)C3O)cc(O)c12. The molecule has 0 spiro atoms. The van der Waals surface area contributed by atoms with E-state index in [0.29, 0.717) is 5.56 Å². The summed E-state index contributed by atoms with van der Waals surface area (Å²) in [6, 6.07) is 6.81. The molecule has 5 atom stereocenters. The van der Waals surface area contributed by atoms with E-state index in [0.717, 1.165) is 12.3 Å². The summed E-state index contributed by atoms with van der Waals surface area (Å²) in [5.41, 5.74) is -0.225. The molecule has 2 heterocycles. The van der Waals surface area contributed by atoms with E-state index in [1.54, 1.807) is 0 Å². The number of aliphatic hydroxyl groups excluding tert-OH is 4. The van der Waals surface area contributed by atoms with Crippen molar-refractivity contribution >= 4 is 22.6 Å². The molecule has 4 rings (SSSR count). The van der Waals surface area contributed by atoms with Crippen molar-refractivity contribution in [2.75, 3.05) is 6.61 Å². The second-order valence-electron chi connectivity index (χ2n) is 7.25. The van der Waals surface area contributed by atoms with Crippen LogP contribution in [0.15, 0.2) is 45.8 Å². The molecule has 2 aromatic carbocycles. The highest BCUT2D eigenvalue weighted by atomic mass is 35.5. The molecule has 3 unspecified atom stereocenters. The molecule has 0 saturated carbocycles. The molecular formula is C21H19ClO10. The van der Waals surface area contributed by atoms with Gasteiger partial charge in [0.05, 0.1) is 12.2 Å². The molecule has 0 aliphatic carbocycles. The molecule has 1 aliphatic heterocycles. The third kappa shape index (κ3) is 3.77. The van der Waals surface area contributed by atoms with Gasteiger partial charge in [-0.05, 0) is 17.7 Å². The van der Waals surface area contributed by atoms with Crippen molar-refractivity contribution in [3.05, 3.63) is 51.8 Å². The average molecular weight is 467 g/mol. The molecule has 1 aliphatic rings. The number of aromatic hydroxyl groups is 2. The summed E-state index contributed by atoms with van der Waals surface area (Å²) in [5, 5.41) is 58.7. The number of hydrogen-bond donors (Lipinski definition) is 6. The minimum atomic E-state index is -1.70. The Kier molecular flexibility index (Phi) is 5.99. The van der Waals surface area contributed by atoms with Crippen LogP contribution in [0.3, 0.4) is 0 Å². The van der Waals surface area contributed by atoms with Gasteiger partial charge in [-0.1, -0.05) is 23.7 Å². The van der Waals surface area contributed by atoms with Gasteiger partial charge in [-0.15, -0.1) is 0 Å². The van der Waals surface area contributed by atoms with Crippen LogP contribution in [-0.2, 0) is 4.74 Å². The first kappa shape index (κ1) is 22.3. The Bertz CT molecular complexity index is 1190. The van der Waals surface area contributed by atoms with E-state index in [4.69, 9.17) is 25.5 Å². The number of rotatable bonds is 4. The Morgan fingerprint density at radius 1 is 1.03 bits per heavy atom. The van der Waals surface area contributed by atoms with E-state index in [1.807, 2.05) is 0 Å². The molecule has 0 bridgehead atoms. The van der Waals surface area contributed by atoms with E-state index < -0.39 is 48.5 Å². The largest absolute Gasteiger partial charge is 0.508 e. The normalized spacial score (nSPS) is 25.7. The molecule has 1 aromatic heterocycles. The quantitative estimate of drug-likeness (QED) is 0.321. The maximum atomic E-state index is 13.0. The van der Waals surface area contributed by atoms with Crippen LogP contribution in [0.5, 0.6) is 17.2 Å². The first-order chi connectivity index (χ1) is 15.2. The van der Waals surface area contributed by atoms with Crippen molar-refractivity contribution in [3.63, 3.8) is 0 Å². The third-order valence-corrected chi connectivity index (χ3v) is 5.56. The highest BCUT2D eigenvalue weighted by Crippen LogP contribution is 2.39. The van der Waals surface area contributed by atoms with Crippen LogP contribution in [0.2, 0.25) is 5.02 Å². The minimum Gasteiger partial charge on any atom is -0.508 e. The van der Waals surface area contributed by atoms with E-state index >= 15 is 0 Å². The van der Waals surface area contributed by atoms with Crippen molar-refractivity contribution in [2.24, 2.45) is 0 Å². The molecule has 10 nitrogen and oxygen atoms in total. The maximum absolute atomic E-state index is 13.0. The zero-order chi connectivity index (χ0) is 23.2. The molecule has 11 heteroatoms. The number of hydrogen-bond acceptors (Lipinski definition) is 10. The summed E-state index contributed by atoms with van der Waals surface area (Å²) in [4.78, 5) is 13.0. The standard InChI is InChI=1S/C21H19ClO10/c22-15-12(31-21-19(29)18(28)17(27)13(6-23)32-21)5-11(25)14-16(26)10(7-30-20(14)15)8-1-3-9(24)4-2-8/h1-5,7,13,17-19,21,23-25,27-29H,6H2/t13?,17-,18?,19?,21-/m1/s1. The summed E-state index contributed by atoms with van der Waals surface area (Å²) in [5.74, 6) is -0.750. The Morgan fingerprint density at radius 3 is 2.38 bits per heavy atom. The predicted octanol–water partition coefficient (Wildman–Crippen LogP) is 0.703. The smallest absolute Gasteiger partial charge is 0.229 e. The lowest BCUT2D eigenvalue weighted by atomic mass is 9.99. The zero-order valence-electron chi connectivity index (χ0n) is 16.3. The number of ether oxygens (including phenoxy) is 2. The summed E-state index contributed by atoms with van der Waals surface area (Å²) in [6.07, 6.45) is -6.58. The van der Waals surface area contributed by atoms with Crippen LogP contribution >= 0.6 is 11.6 Å². The van der Waals surface area contributed by atoms with Gasteiger partial charge in [-0.25, -0.2) is 0 Å². The number of benzene rings is 2. The van der Waals surface area contributed by atoms with Gasteiger partial charge in [0.1, 0.15) is 58.3 Å². The van der Waals surface area contributed by atoms with E-state index in [2.05, 4.69) is 0 Å². The van der Waals surface area contributed by atoms with E-state index in [9.17, 15) is 35.4 Å². The summed E-state index contributed by atoms with van der Waals surface area (Å²) < 4.78 is 16.2. The number of halogens is 1. The van der Waals surface area contributed by atoms with Crippen LogP contribution in [0.25, 0.3) is 22.1 Å². The van der Waals surface area contributed by atoms with E-state index in [-0.39, 0.29) is 33.1 Å². The van der Waals surface area contributed by atoms with Crippen LogP contribution in [0.1, 0.15) is 0 Å². The first-order valence-corrected chi connectivity index (χ1v) is 9.84. The number of aliphatic hydroxyl groups is 4. The zero-order valence-corrected chi connectivity index (χ0v) is 17.0. The van der Waals surface area contributed by atoms with Gasteiger partial charge < -0.3 is 44.5 Å². The molecule has 0 radical (unpaired) electrons. The van der Waals surface area contributed by atoms with Gasteiger partial charge in [0.25, 0.3) is 0 Å². The molecule has 6 N–H and O–H groups in total. The number of phenolic OH excluding ortho intramolecular Hbond substituents is 2. The van der Waals surface area contributed by atoms with Gasteiger partial charge in [0, 0.05) is 6.07 Å². The van der Waals surface area contributed by atoms with Crippen molar-refractivity contribution in [1.29, 1.82) is 0 Å². The van der Waals surface area contributed by atoms with E-state index in [1.165, 1.54) is 24.3 Å². The van der Waals surface area contributed by atoms with Gasteiger partial charge in [0.15, 0.2) is 5.58 Å². The molecule has 1 saturated heterocycles. The third-order valence-electron chi connectivity index (χ3n) is 5.20. The molecule has 32 heavy (non-hydrogen) atoms. The van der Waals surface area contributed by atoms with Gasteiger partial charge >= 0.3 is 0 Å². The topological polar surface area (TPSA) is 170 Å². The molecule has 0 amide bonds. The minimum absolute atomic E-state index is 0.0137. The fourth-order valence-electron chi connectivity index (χ4n) is 3.45. The van der Waals surface area contributed by atoms with Crippen molar-refractivity contribution in [2.45, 2.75) is 30.7 Å². The molecule has 170 valence electrons. The highest BCUT2D eigenvalue weighted by Gasteiger charge is 2.45. The van der Waals surface area contributed by atoms with Crippen molar-refractivity contribution in [1.82, 2.24) is 0 Å². The molecular weight excluding hydrogens is 448 g/mol. The summed E-state index contributed by atoms with van der Waals surface area (Å²) in [7, 11) is 0. The monoisotopic (exact) mass is 466 g/mol. The van der Waals surface area contributed by atoms with Gasteiger partial charge in [0.2, 0.25) is 11.7 Å². The highest BCUT2D eigenvalue weighted by molar-refractivity contribution is 6.36. The van der Waals surface area contributed by atoms with Crippen molar-refractivity contribution < 1.29 is 44.5 Å². The van der Waals surface area contributed by atoms with Crippen LogP contribution in [0, 0.1) is 0 Å². The fraction of sp³-hybridized carbons (Fsp3) is 0.286. The van der Waals surface area contributed by atoms with Crippen LogP contribution in [-0.4, -0.2) is 68.0 Å². The molecule has 3 aromatic rings. The number of fused-ring (bicyclic) bond motifs is 1. The Labute approximate surface area is 185 Å². The van der Waals surface area contributed by atoms with Crippen LogP contribution < -0.4 is 10.2 Å². The summed E-state index contributed by atoms with van der Waals surface area (Å²) >= 11 is 6.31. The summed E-state index contributed by atoms with van der Waals surface area (Å²) in [6.45, 7) is -0.656. The van der Waals surface area contributed by atoms with Gasteiger partial charge in [-0.2, -0.15) is 0 Å². The average Bonchev–Trinajstić information content (AvgIpc) is 2.78. The van der Waals surface area contributed by atoms with Crippen molar-refractivity contribution in [3.8, 4) is 28.4 Å². The second-order valence-corrected chi connectivity index (χ2v) is 7.63. The van der Waals surface area contributed by atoms with Crippen LogP contribution in [0.4, 0.5) is 0 Å². The fourth-order valence-corrected chi connectivity index (χ4v) is 3.69.